The molecule has 0 bridgehead atoms. The lowest BCUT2D eigenvalue weighted by molar-refractivity contribution is 0.183. The van der Waals surface area contributed by atoms with Crippen molar-refractivity contribution in [1.29, 1.82) is 0 Å². The molecule has 3 rings (SSSR count). The Bertz CT molecular complexity index is 1020. The van der Waals surface area contributed by atoms with Crippen LogP contribution in [0.1, 0.15) is 26.5 Å². The van der Waals surface area contributed by atoms with Crippen LogP contribution >= 0.6 is 11.6 Å². The van der Waals surface area contributed by atoms with E-state index in [1.54, 1.807) is 35.2 Å². The molecule has 2 heterocycles. The van der Waals surface area contributed by atoms with E-state index in [1.165, 1.54) is 6.07 Å². The lowest BCUT2D eigenvalue weighted by atomic mass is 10.3. The lowest BCUT2D eigenvalue weighted by Gasteiger charge is -2.24. The monoisotopic (exact) mass is 441 g/mol. The molecule has 1 aromatic carbocycles. The van der Waals surface area contributed by atoms with Gasteiger partial charge in [0, 0.05) is 36.7 Å². The molecule has 0 spiro atoms. The molecule has 0 radical (unpaired) electrons. The summed E-state index contributed by atoms with van der Waals surface area (Å²) < 4.78 is 13.1. The molecule has 7 heteroatoms. The molecule has 0 atom stereocenters. The van der Waals surface area contributed by atoms with Crippen molar-refractivity contribution in [2.45, 2.75) is 33.4 Å². The van der Waals surface area contributed by atoms with Crippen LogP contribution in [0.3, 0.4) is 0 Å². The first-order chi connectivity index (χ1) is 15.0. The van der Waals surface area contributed by atoms with E-state index in [-0.39, 0.29) is 12.2 Å². The standard InChI is InChI=1S/C24H28ClN3O3/c1-4-27(18(2)3)13-14-30-22-9-7-21(8-10-22)28-12-11-23(15-24(28)29)31-17-20-6-5-19(25)16-26-20/h5-12,15-16,18H,4,13-14,17H2,1-3H3. The van der Waals surface area contributed by atoms with Gasteiger partial charge in [0.25, 0.3) is 5.56 Å². The second-order valence-electron chi connectivity index (χ2n) is 7.39. The summed E-state index contributed by atoms with van der Waals surface area (Å²) in [6.07, 6.45) is 3.26. The van der Waals surface area contributed by atoms with Gasteiger partial charge in [-0.25, -0.2) is 0 Å². The van der Waals surface area contributed by atoms with E-state index in [1.807, 2.05) is 24.3 Å². The molecule has 0 saturated heterocycles. The molecule has 0 N–H and O–H groups in total. The number of likely N-dealkylation sites (N-methyl/N-ethyl adjacent to an activating group) is 1. The third-order valence-corrected chi connectivity index (χ3v) is 5.19. The molecule has 164 valence electrons. The second-order valence-corrected chi connectivity index (χ2v) is 7.83. The molecule has 0 aliphatic heterocycles. The summed E-state index contributed by atoms with van der Waals surface area (Å²) in [6, 6.07) is 14.8. The number of benzene rings is 1. The van der Waals surface area contributed by atoms with Crippen molar-refractivity contribution in [1.82, 2.24) is 14.5 Å². The first kappa shape index (κ1) is 22.8. The molecule has 31 heavy (non-hydrogen) atoms. The Balaban J connectivity index is 1.58. The van der Waals surface area contributed by atoms with Crippen molar-refractivity contribution in [3.63, 3.8) is 0 Å². The average Bonchev–Trinajstić information content (AvgIpc) is 2.77. The van der Waals surface area contributed by atoms with E-state index >= 15 is 0 Å². The first-order valence-electron chi connectivity index (χ1n) is 10.4. The Morgan fingerprint density at radius 3 is 2.45 bits per heavy atom. The van der Waals surface area contributed by atoms with Crippen molar-refractivity contribution in [3.05, 3.63) is 82.0 Å². The highest BCUT2D eigenvalue weighted by atomic mass is 35.5. The van der Waals surface area contributed by atoms with E-state index in [2.05, 4.69) is 30.7 Å². The Hall–Kier alpha value is -2.83. The lowest BCUT2D eigenvalue weighted by Crippen LogP contribution is -2.34. The predicted molar refractivity (Wildman–Crippen MR) is 123 cm³/mol. The Labute approximate surface area is 188 Å². The minimum absolute atomic E-state index is 0.175. The van der Waals surface area contributed by atoms with Gasteiger partial charge in [0.1, 0.15) is 24.7 Å². The van der Waals surface area contributed by atoms with Crippen molar-refractivity contribution in [3.8, 4) is 17.2 Å². The Morgan fingerprint density at radius 1 is 1.06 bits per heavy atom. The van der Waals surface area contributed by atoms with E-state index in [9.17, 15) is 4.79 Å². The predicted octanol–water partition coefficient (Wildman–Crippen LogP) is 4.57. The summed E-state index contributed by atoms with van der Waals surface area (Å²) in [5.74, 6) is 1.27. The molecule has 2 aromatic heterocycles. The molecule has 3 aromatic rings. The van der Waals surface area contributed by atoms with Crippen molar-refractivity contribution in [2.75, 3.05) is 19.7 Å². The number of rotatable bonds is 10. The average molecular weight is 442 g/mol. The molecule has 0 fully saturated rings. The molecule has 0 aliphatic carbocycles. The van der Waals surface area contributed by atoms with Gasteiger partial charge in [-0.3, -0.25) is 19.2 Å². The van der Waals surface area contributed by atoms with Crippen molar-refractivity contribution < 1.29 is 9.47 Å². The number of hydrogen-bond acceptors (Lipinski definition) is 5. The normalized spacial score (nSPS) is 11.2. The zero-order chi connectivity index (χ0) is 22.2. The van der Waals surface area contributed by atoms with E-state index in [0.29, 0.717) is 23.4 Å². The Kier molecular flexibility index (Phi) is 8.09. The topological polar surface area (TPSA) is 56.6 Å². The maximum Gasteiger partial charge on any atom is 0.258 e. The number of nitrogens with zero attached hydrogens (tertiary/aromatic N) is 3. The van der Waals surface area contributed by atoms with Crippen LogP contribution in [0.25, 0.3) is 5.69 Å². The summed E-state index contributed by atoms with van der Waals surface area (Å²) in [6.45, 7) is 9.28. The van der Waals surface area contributed by atoms with Gasteiger partial charge in [-0.05, 0) is 62.9 Å². The molecule has 0 amide bonds. The summed E-state index contributed by atoms with van der Waals surface area (Å²) in [7, 11) is 0. The van der Waals surface area contributed by atoms with E-state index in [4.69, 9.17) is 21.1 Å². The summed E-state index contributed by atoms with van der Waals surface area (Å²) in [4.78, 5) is 19.1. The van der Waals surface area contributed by atoms with Gasteiger partial charge in [0.05, 0.1) is 10.7 Å². The number of aromatic nitrogens is 2. The highest BCUT2D eigenvalue weighted by Gasteiger charge is 2.07. The third kappa shape index (κ3) is 6.57. The molecule has 6 nitrogen and oxygen atoms in total. The van der Waals surface area contributed by atoms with Crippen LogP contribution < -0.4 is 15.0 Å². The SMILES string of the molecule is CCN(CCOc1ccc(-n2ccc(OCc3ccc(Cl)cn3)cc2=O)cc1)C(C)C. The molecule has 0 saturated carbocycles. The smallest absolute Gasteiger partial charge is 0.258 e. The largest absolute Gasteiger partial charge is 0.492 e. The fourth-order valence-electron chi connectivity index (χ4n) is 3.18. The molecular weight excluding hydrogens is 414 g/mol. The van der Waals surface area contributed by atoms with Crippen LogP contribution in [0.4, 0.5) is 0 Å². The quantitative estimate of drug-likeness (QED) is 0.461. The first-order valence-corrected chi connectivity index (χ1v) is 10.8. The third-order valence-electron chi connectivity index (χ3n) is 4.96. The fourth-order valence-corrected chi connectivity index (χ4v) is 3.29. The number of hydrogen-bond donors (Lipinski definition) is 0. The molecular formula is C24H28ClN3O3. The fraction of sp³-hybridized carbons (Fsp3) is 0.333. The van der Waals surface area contributed by atoms with Crippen molar-refractivity contribution >= 4 is 11.6 Å². The van der Waals surface area contributed by atoms with Crippen LogP contribution in [0, 0.1) is 0 Å². The summed E-state index contributed by atoms with van der Waals surface area (Å²) in [5, 5.41) is 0.571. The van der Waals surface area contributed by atoms with Crippen molar-refractivity contribution in [2.24, 2.45) is 0 Å². The van der Waals surface area contributed by atoms with Gasteiger partial charge >= 0.3 is 0 Å². The molecule has 0 aliphatic rings. The molecule has 0 unspecified atom stereocenters. The van der Waals surface area contributed by atoms with Crippen LogP contribution in [0.5, 0.6) is 11.5 Å². The maximum absolute atomic E-state index is 12.5. The minimum Gasteiger partial charge on any atom is -0.492 e. The highest BCUT2D eigenvalue weighted by Crippen LogP contribution is 2.16. The van der Waals surface area contributed by atoms with Gasteiger partial charge in [0.2, 0.25) is 0 Å². The van der Waals surface area contributed by atoms with Gasteiger partial charge in [-0.1, -0.05) is 18.5 Å². The summed E-state index contributed by atoms with van der Waals surface area (Å²) >= 11 is 5.83. The van der Waals surface area contributed by atoms with Gasteiger partial charge < -0.3 is 9.47 Å². The van der Waals surface area contributed by atoms with Gasteiger partial charge in [-0.15, -0.1) is 0 Å². The number of pyridine rings is 2. The second kappa shape index (κ2) is 11.0. The van der Waals surface area contributed by atoms with Crippen LogP contribution in [0.15, 0.2) is 65.7 Å². The minimum atomic E-state index is -0.175. The Morgan fingerprint density at radius 2 is 1.84 bits per heavy atom. The maximum atomic E-state index is 12.5. The van der Waals surface area contributed by atoms with E-state index < -0.39 is 0 Å². The van der Waals surface area contributed by atoms with E-state index in [0.717, 1.165) is 30.2 Å². The van der Waals surface area contributed by atoms with Gasteiger partial charge in [0.15, 0.2) is 0 Å². The van der Waals surface area contributed by atoms with Crippen LogP contribution in [-0.4, -0.2) is 40.2 Å². The number of halogens is 1. The van der Waals surface area contributed by atoms with Crippen LogP contribution in [-0.2, 0) is 6.61 Å². The summed E-state index contributed by atoms with van der Waals surface area (Å²) in [5.41, 5.74) is 1.33. The zero-order valence-electron chi connectivity index (χ0n) is 18.1. The van der Waals surface area contributed by atoms with Gasteiger partial charge in [-0.2, -0.15) is 0 Å². The zero-order valence-corrected chi connectivity index (χ0v) is 18.9. The highest BCUT2D eigenvalue weighted by molar-refractivity contribution is 6.30. The number of ether oxygens (including phenoxy) is 2. The van der Waals surface area contributed by atoms with Crippen LogP contribution in [0.2, 0.25) is 5.02 Å².